The Balaban J connectivity index is 1.87. The van der Waals surface area contributed by atoms with E-state index >= 15 is 0 Å². The molecule has 0 spiro atoms. The van der Waals surface area contributed by atoms with E-state index in [9.17, 15) is 29.4 Å². The van der Waals surface area contributed by atoms with Crippen LogP contribution in [0, 0.1) is 11.8 Å². The van der Waals surface area contributed by atoms with E-state index in [4.69, 9.17) is 19.0 Å². The van der Waals surface area contributed by atoms with Crippen molar-refractivity contribution in [3.8, 4) is 0 Å². The molecule has 2 aromatic rings. The molecule has 2 aromatic heterocycles. The molecule has 0 saturated carbocycles. The third-order valence-electron chi connectivity index (χ3n) is 6.47. The number of rotatable bonds is 6. The maximum atomic E-state index is 12.7. The monoisotopic (exact) mass is 561 g/mol. The molecule has 4 heterocycles. The van der Waals surface area contributed by atoms with E-state index in [1.54, 1.807) is 27.7 Å². The Morgan fingerprint density at radius 1 is 1.23 bits per heavy atom. The Hall–Kier alpha value is -4.08. The van der Waals surface area contributed by atoms with E-state index in [2.05, 4.69) is 15.3 Å². The third kappa shape index (κ3) is 5.10. The SMILES string of the molecule is COC(=O)N(OC(=O)C(C)C)c1cc(=O)nc2c3c(n(C4OC(COC(=O)C(C)C)C(O)C4(C)O)cc13)N=CN2. The number of hydrogen-bond donors (Lipinski definition) is 3. The zero-order valence-electron chi connectivity index (χ0n) is 22.8. The summed E-state index contributed by atoms with van der Waals surface area (Å²) in [5.74, 6) is -2.11. The number of carbonyl (C=O) groups excluding carboxylic acids is 3. The largest absolute Gasteiger partial charge is 0.463 e. The number of nitrogens with one attached hydrogen (secondary N) is 1. The molecule has 216 valence electrons. The van der Waals surface area contributed by atoms with Crippen LogP contribution in [0.3, 0.4) is 0 Å². The van der Waals surface area contributed by atoms with Crippen LogP contribution in [0.15, 0.2) is 22.1 Å². The minimum Gasteiger partial charge on any atom is -0.463 e. The molecule has 1 amide bonds. The summed E-state index contributed by atoms with van der Waals surface area (Å²) in [6, 6.07) is 0.980. The summed E-state index contributed by atoms with van der Waals surface area (Å²) in [4.78, 5) is 63.5. The number of aromatic nitrogens is 2. The van der Waals surface area contributed by atoms with Crippen LogP contribution < -0.4 is 15.9 Å². The van der Waals surface area contributed by atoms with Crippen molar-refractivity contribution in [3.63, 3.8) is 0 Å². The van der Waals surface area contributed by atoms with Crippen molar-refractivity contribution < 1.29 is 43.6 Å². The number of nitrogens with zero attached hydrogens (tertiary/aromatic N) is 4. The highest BCUT2D eigenvalue weighted by Gasteiger charge is 2.54. The second-order valence-corrected chi connectivity index (χ2v) is 10.2. The summed E-state index contributed by atoms with van der Waals surface area (Å²) in [5, 5.41) is 25.9. The summed E-state index contributed by atoms with van der Waals surface area (Å²) in [6.45, 7) is 7.45. The standard InChI is InChI=1S/C25H31N5O10/c1-11(2)21(33)38-9-15-18(32)25(5,36)23(39-15)29-8-13-14(30(24(35)37-6)40-22(34)12(3)4)7-16(31)28-19-17(13)20(29)27-10-26-19/h7-8,10-12,15,18,23,32,36H,9H2,1-6H3,(H,26,27,28,31). The number of aliphatic hydroxyl groups excluding tert-OH is 1. The summed E-state index contributed by atoms with van der Waals surface area (Å²) >= 11 is 0. The molecule has 0 aromatic carbocycles. The Labute approximate surface area is 228 Å². The number of aliphatic hydroxyl groups is 2. The molecule has 4 atom stereocenters. The van der Waals surface area contributed by atoms with Crippen LogP contribution >= 0.6 is 0 Å². The predicted molar refractivity (Wildman–Crippen MR) is 140 cm³/mol. The molecule has 4 unspecified atom stereocenters. The fourth-order valence-corrected chi connectivity index (χ4v) is 4.24. The van der Waals surface area contributed by atoms with Crippen molar-refractivity contribution in [2.24, 2.45) is 16.8 Å². The summed E-state index contributed by atoms with van der Waals surface area (Å²) < 4.78 is 17.4. The van der Waals surface area contributed by atoms with Gasteiger partial charge in [0.15, 0.2) is 6.23 Å². The van der Waals surface area contributed by atoms with Gasteiger partial charge in [0, 0.05) is 17.6 Å². The van der Waals surface area contributed by atoms with Gasteiger partial charge < -0.3 is 39.1 Å². The number of ether oxygens (including phenoxy) is 3. The van der Waals surface area contributed by atoms with Crippen molar-refractivity contribution in [3.05, 3.63) is 22.6 Å². The van der Waals surface area contributed by atoms with Gasteiger partial charge in [0.05, 0.1) is 30.7 Å². The normalized spacial score (nSPS) is 23.3. The van der Waals surface area contributed by atoms with Crippen LogP contribution in [-0.4, -0.2) is 75.7 Å². The second-order valence-electron chi connectivity index (χ2n) is 10.2. The number of carbonyl (C=O) groups is 3. The van der Waals surface area contributed by atoms with Gasteiger partial charge in [0.1, 0.15) is 41.7 Å². The lowest BCUT2D eigenvalue weighted by molar-refractivity contribution is -0.153. The Bertz CT molecular complexity index is 1430. The average molecular weight is 562 g/mol. The summed E-state index contributed by atoms with van der Waals surface area (Å²) in [6.07, 6.45) is -2.27. The second kappa shape index (κ2) is 10.8. The van der Waals surface area contributed by atoms with Gasteiger partial charge in [-0.15, -0.1) is 5.06 Å². The minimum atomic E-state index is -1.91. The first-order chi connectivity index (χ1) is 18.8. The molecule has 4 rings (SSSR count). The van der Waals surface area contributed by atoms with Gasteiger partial charge in [-0.25, -0.2) is 14.6 Å². The van der Waals surface area contributed by atoms with E-state index in [0.29, 0.717) is 5.06 Å². The number of methoxy groups -OCH3 is 1. The Morgan fingerprint density at radius 2 is 1.90 bits per heavy atom. The molecule has 2 aliphatic rings. The topological polar surface area (TPSA) is 191 Å². The predicted octanol–water partition coefficient (Wildman–Crippen LogP) is 1.38. The van der Waals surface area contributed by atoms with Gasteiger partial charge in [0.2, 0.25) is 0 Å². The van der Waals surface area contributed by atoms with Crippen LogP contribution in [0.4, 0.5) is 22.1 Å². The first kappa shape index (κ1) is 28.9. The highest BCUT2D eigenvalue weighted by molar-refractivity contribution is 6.12. The average Bonchev–Trinajstić information content (AvgIpc) is 3.33. The summed E-state index contributed by atoms with van der Waals surface area (Å²) in [5.41, 5.74) is -2.88. The third-order valence-corrected chi connectivity index (χ3v) is 6.47. The molecular weight excluding hydrogens is 530 g/mol. The fraction of sp³-hybridized carbons (Fsp3) is 0.520. The van der Waals surface area contributed by atoms with Crippen molar-refractivity contribution in [1.29, 1.82) is 0 Å². The molecule has 0 bridgehead atoms. The van der Waals surface area contributed by atoms with Crippen LogP contribution in [0.2, 0.25) is 0 Å². The van der Waals surface area contributed by atoms with Crippen LogP contribution in [-0.2, 0) is 28.6 Å². The van der Waals surface area contributed by atoms with E-state index in [1.165, 1.54) is 24.0 Å². The zero-order chi connectivity index (χ0) is 29.5. The highest BCUT2D eigenvalue weighted by Crippen LogP contribution is 2.46. The van der Waals surface area contributed by atoms with Crippen LogP contribution in [0.25, 0.3) is 10.8 Å². The fourth-order valence-electron chi connectivity index (χ4n) is 4.24. The molecule has 2 aliphatic heterocycles. The molecule has 15 nitrogen and oxygen atoms in total. The van der Waals surface area contributed by atoms with Crippen LogP contribution in [0.5, 0.6) is 0 Å². The highest BCUT2D eigenvalue weighted by atomic mass is 16.7. The van der Waals surface area contributed by atoms with E-state index in [-0.39, 0.29) is 34.7 Å². The van der Waals surface area contributed by atoms with Gasteiger partial charge in [-0.3, -0.25) is 9.59 Å². The molecule has 1 saturated heterocycles. The van der Waals surface area contributed by atoms with Crippen molar-refractivity contribution in [2.75, 3.05) is 24.1 Å². The van der Waals surface area contributed by atoms with Crippen LogP contribution in [0.1, 0.15) is 40.8 Å². The number of aliphatic imine (C=N–C) groups is 1. The molecule has 15 heteroatoms. The lowest BCUT2D eigenvalue weighted by Crippen LogP contribution is -2.44. The quantitative estimate of drug-likeness (QED) is 0.340. The van der Waals surface area contributed by atoms with Crippen molar-refractivity contribution >= 4 is 52.5 Å². The van der Waals surface area contributed by atoms with Gasteiger partial charge >= 0.3 is 18.0 Å². The number of anilines is 2. The minimum absolute atomic E-state index is 0.0654. The molecule has 1 fully saturated rings. The zero-order valence-corrected chi connectivity index (χ0v) is 22.8. The Morgan fingerprint density at radius 3 is 2.52 bits per heavy atom. The van der Waals surface area contributed by atoms with Gasteiger partial charge in [-0.05, 0) is 6.92 Å². The first-order valence-corrected chi connectivity index (χ1v) is 12.5. The summed E-state index contributed by atoms with van der Waals surface area (Å²) in [7, 11) is 1.07. The maximum absolute atomic E-state index is 12.7. The molecule has 40 heavy (non-hydrogen) atoms. The number of amides is 1. The smallest absolute Gasteiger partial charge is 0.448 e. The van der Waals surface area contributed by atoms with Crippen molar-refractivity contribution in [2.45, 2.75) is 58.7 Å². The number of hydrogen-bond acceptors (Lipinski definition) is 13. The van der Waals surface area contributed by atoms with E-state index in [1.807, 2.05) is 0 Å². The number of hydroxylamine groups is 1. The lowest BCUT2D eigenvalue weighted by atomic mass is 9.96. The molecule has 0 radical (unpaired) electrons. The van der Waals surface area contributed by atoms with Gasteiger partial charge in [0.25, 0.3) is 5.56 Å². The van der Waals surface area contributed by atoms with Crippen molar-refractivity contribution in [1.82, 2.24) is 9.55 Å². The molecular formula is C25H31N5O10. The van der Waals surface area contributed by atoms with Gasteiger partial charge in [-0.2, -0.15) is 4.98 Å². The number of esters is 1. The molecule has 3 N–H and O–H groups in total. The van der Waals surface area contributed by atoms with Gasteiger partial charge in [-0.1, -0.05) is 27.7 Å². The van der Waals surface area contributed by atoms with E-state index < -0.39 is 59.5 Å². The lowest BCUT2D eigenvalue weighted by Gasteiger charge is -2.28. The molecule has 0 aliphatic carbocycles. The van der Waals surface area contributed by atoms with E-state index in [0.717, 1.165) is 13.2 Å². The Kier molecular flexibility index (Phi) is 7.83. The maximum Gasteiger partial charge on any atom is 0.448 e. The first-order valence-electron chi connectivity index (χ1n) is 12.5.